The van der Waals surface area contributed by atoms with Crippen LogP contribution in [0.4, 0.5) is 32.1 Å². The number of hydrogen-bond acceptors (Lipinski definition) is 4. The number of benzene rings is 2. The molecule has 4 rings (SSSR count). The summed E-state index contributed by atoms with van der Waals surface area (Å²) in [5, 5.41) is 6.17. The highest BCUT2D eigenvalue weighted by atomic mass is 35.5. The lowest BCUT2D eigenvalue weighted by Gasteiger charge is -2.28. The van der Waals surface area contributed by atoms with Crippen LogP contribution in [0.1, 0.15) is 0 Å². The lowest BCUT2D eigenvalue weighted by atomic mass is 10.2. The first-order valence-corrected chi connectivity index (χ1v) is 8.96. The Morgan fingerprint density at radius 1 is 1.14 bits per heavy atom. The number of pyridine rings is 1. The van der Waals surface area contributed by atoms with E-state index < -0.39 is 5.82 Å². The smallest absolute Gasteiger partial charge is 0.327 e. The zero-order valence-electron chi connectivity index (χ0n) is 14.7. The summed E-state index contributed by atoms with van der Waals surface area (Å²) in [7, 11) is 0. The van der Waals surface area contributed by atoms with Crippen LogP contribution in [0, 0.1) is 5.82 Å². The lowest BCUT2D eigenvalue weighted by Crippen LogP contribution is -2.41. The van der Waals surface area contributed by atoms with Crippen molar-refractivity contribution in [2.24, 2.45) is 0 Å². The summed E-state index contributed by atoms with van der Waals surface area (Å²) in [6.45, 7) is 0.729. The van der Waals surface area contributed by atoms with Gasteiger partial charge in [-0.25, -0.2) is 14.2 Å². The molecule has 8 heteroatoms. The van der Waals surface area contributed by atoms with Crippen molar-refractivity contribution in [1.82, 2.24) is 4.98 Å². The van der Waals surface area contributed by atoms with Crippen LogP contribution in [-0.2, 0) is 0 Å². The largest absolute Gasteiger partial charge is 0.488 e. The van der Waals surface area contributed by atoms with E-state index in [1.165, 1.54) is 23.1 Å². The molecule has 3 aromatic rings. The Hall–Kier alpha value is -3.32. The molecule has 2 amide bonds. The van der Waals surface area contributed by atoms with Gasteiger partial charge in [0.25, 0.3) is 0 Å². The average molecular weight is 399 g/mol. The van der Waals surface area contributed by atoms with Gasteiger partial charge in [0.1, 0.15) is 12.4 Å². The second-order valence-electron chi connectivity index (χ2n) is 6.09. The highest BCUT2D eigenvalue weighted by Crippen LogP contribution is 2.34. The highest BCUT2D eigenvalue weighted by Gasteiger charge is 2.25. The zero-order valence-corrected chi connectivity index (χ0v) is 15.4. The van der Waals surface area contributed by atoms with E-state index in [0.717, 1.165) is 0 Å². The Labute approximate surface area is 165 Å². The minimum atomic E-state index is -0.414. The van der Waals surface area contributed by atoms with Crippen molar-refractivity contribution in [3.63, 3.8) is 0 Å². The van der Waals surface area contributed by atoms with E-state index in [4.69, 9.17) is 16.3 Å². The van der Waals surface area contributed by atoms with Crippen molar-refractivity contribution in [3.05, 3.63) is 71.6 Å². The molecule has 0 atom stereocenters. The number of para-hydroxylation sites is 1. The number of nitrogens with one attached hydrogen (secondary N) is 2. The van der Waals surface area contributed by atoms with Gasteiger partial charge in [0.05, 0.1) is 29.1 Å². The van der Waals surface area contributed by atoms with Gasteiger partial charge >= 0.3 is 6.03 Å². The maximum atomic E-state index is 13.2. The third-order valence-electron chi connectivity index (χ3n) is 4.14. The summed E-state index contributed by atoms with van der Waals surface area (Å²) in [5.74, 6) is 0.482. The molecular weight excluding hydrogens is 383 g/mol. The molecule has 0 aliphatic carbocycles. The fourth-order valence-corrected chi connectivity index (χ4v) is 3.04. The molecule has 1 aromatic heterocycles. The van der Waals surface area contributed by atoms with Gasteiger partial charge in [-0.2, -0.15) is 0 Å². The standard InChI is InChI=1S/C20H16ClFN4O2/c21-16-10-13(22)6-7-17(16)24-15-11-18-19(23-12-15)26(8-9-28-18)20(27)25-14-4-2-1-3-5-14/h1-7,10-12,24H,8-9H2,(H,25,27). The van der Waals surface area contributed by atoms with E-state index >= 15 is 0 Å². The molecule has 0 fully saturated rings. The topological polar surface area (TPSA) is 66.5 Å². The van der Waals surface area contributed by atoms with Gasteiger partial charge in [-0.1, -0.05) is 29.8 Å². The minimum absolute atomic E-state index is 0.252. The molecule has 6 nitrogen and oxygen atoms in total. The van der Waals surface area contributed by atoms with E-state index in [2.05, 4.69) is 15.6 Å². The van der Waals surface area contributed by atoms with E-state index in [1.54, 1.807) is 12.3 Å². The van der Waals surface area contributed by atoms with Gasteiger partial charge in [-0.15, -0.1) is 0 Å². The molecule has 0 bridgehead atoms. The van der Waals surface area contributed by atoms with E-state index in [0.29, 0.717) is 41.8 Å². The number of urea groups is 1. The Kier molecular flexibility index (Phi) is 4.99. The number of ether oxygens (including phenoxy) is 1. The van der Waals surface area contributed by atoms with Crippen molar-refractivity contribution in [3.8, 4) is 5.75 Å². The number of amides is 2. The predicted octanol–water partition coefficient (Wildman–Crippen LogP) is 5.05. The molecule has 2 N–H and O–H groups in total. The maximum absolute atomic E-state index is 13.2. The highest BCUT2D eigenvalue weighted by molar-refractivity contribution is 6.33. The van der Waals surface area contributed by atoms with Gasteiger partial charge in [0.2, 0.25) is 0 Å². The van der Waals surface area contributed by atoms with Crippen molar-refractivity contribution < 1.29 is 13.9 Å². The number of aromatic nitrogens is 1. The van der Waals surface area contributed by atoms with Crippen LogP contribution in [-0.4, -0.2) is 24.2 Å². The Morgan fingerprint density at radius 3 is 2.75 bits per heavy atom. The third-order valence-corrected chi connectivity index (χ3v) is 4.45. The Morgan fingerprint density at radius 2 is 1.96 bits per heavy atom. The number of rotatable bonds is 3. The van der Waals surface area contributed by atoms with E-state index in [1.807, 2.05) is 30.3 Å². The van der Waals surface area contributed by atoms with E-state index in [-0.39, 0.29) is 11.1 Å². The fraction of sp³-hybridized carbons (Fsp3) is 0.100. The SMILES string of the molecule is O=C(Nc1ccccc1)N1CCOc2cc(Nc3ccc(F)cc3Cl)cnc21. The molecule has 28 heavy (non-hydrogen) atoms. The lowest BCUT2D eigenvalue weighted by molar-refractivity contribution is 0.249. The minimum Gasteiger partial charge on any atom is -0.488 e. The molecule has 0 radical (unpaired) electrons. The maximum Gasteiger partial charge on any atom is 0.327 e. The van der Waals surface area contributed by atoms with Crippen LogP contribution < -0.4 is 20.3 Å². The molecule has 1 aliphatic rings. The van der Waals surface area contributed by atoms with Crippen molar-refractivity contribution in [2.75, 3.05) is 28.7 Å². The van der Waals surface area contributed by atoms with Crippen molar-refractivity contribution >= 4 is 40.5 Å². The third kappa shape index (κ3) is 3.84. The fourth-order valence-electron chi connectivity index (χ4n) is 2.82. The summed E-state index contributed by atoms with van der Waals surface area (Å²) >= 11 is 6.05. The second-order valence-corrected chi connectivity index (χ2v) is 6.50. The quantitative estimate of drug-likeness (QED) is 0.648. The van der Waals surface area contributed by atoms with E-state index in [9.17, 15) is 9.18 Å². The molecule has 0 saturated carbocycles. The summed E-state index contributed by atoms with van der Waals surface area (Å²) < 4.78 is 18.9. The molecule has 2 aromatic carbocycles. The molecular formula is C20H16ClFN4O2. The molecule has 0 spiro atoms. The first-order valence-electron chi connectivity index (χ1n) is 8.58. The first kappa shape index (κ1) is 18.1. The summed E-state index contributed by atoms with van der Waals surface area (Å²) in [6, 6.07) is 14.7. The van der Waals surface area contributed by atoms with Gasteiger partial charge in [0.15, 0.2) is 11.6 Å². The van der Waals surface area contributed by atoms with Crippen LogP contribution in [0.25, 0.3) is 0 Å². The van der Waals surface area contributed by atoms with Crippen LogP contribution in [0.5, 0.6) is 5.75 Å². The predicted molar refractivity (Wildman–Crippen MR) is 107 cm³/mol. The monoisotopic (exact) mass is 398 g/mol. The average Bonchev–Trinajstić information content (AvgIpc) is 2.70. The van der Waals surface area contributed by atoms with Gasteiger partial charge in [-0.05, 0) is 30.3 Å². The number of hydrogen-bond donors (Lipinski definition) is 2. The number of carbonyl (C=O) groups is 1. The molecule has 1 aliphatic heterocycles. The van der Waals surface area contributed by atoms with Crippen LogP contribution in [0.3, 0.4) is 0 Å². The van der Waals surface area contributed by atoms with Crippen molar-refractivity contribution in [2.45, 2.75) is 0 Å². The van der Waals surface area contributed by atoms with Crippen LogP contribution in [0.2, 0.25) is 5.02 Å². The zero-order chi connectivity index (χ0) is 19.5. The Bertz CT molecular complexity index is 1020. The number of carbonyl (C=O) groups excluding carboxylic acids is 1. The van der Waals surface area contributed by atoms with Gasteiger partial charge in [0, 0.05) is 11.8 Å². The summed E-state index contributed by atoms with van der Waals surface area (Å²) in [6.07, 6.45) is 1.57. The number of nitrogens with zero attached hydrogens (tertiary/aromatic N) is 2. The number of halogens is 2. The summed E-state index contributed by atoms with van der Waals surface area (Å²) in [4.78, 5) is 18.5. The first-order chi connectivity index (χ1) is 13.6. The number of fused-ring (bicyclic) bond motifs is 1. The second kappa shape index (κ2) is 7.74. The molecule has 0 saturated heterocycles. The van der Waals surface area contributed by atoms with Crippen LogP contribution in [0.15, 0.2) is 60.8 Å². The summed E-state index contributed by atoms with van der Waals surface area (Å²) in [5.41, 5.74) is 1.85. The normalized spacial score (nSPS) is 12.7. The Balaban J connectivity index is 1.54. The number of anilines is 4. The van der Waals surface area contributed by atoms with Gasteiger partial charge in [-0.3, -0.25) is 4.90 Å². The van der Waals surface area contributed by atoms with Crippen LogP contribution >= 0.6 is 11.6 Å². The molecule has 0 unspecified atom stereocenters. The van der Waals surface area contributed by atoms with Crippen molar-refractivity contribution in [1.29, 1.82) is 0 Å². The molecule has 142 valence electrons. The molecule has 2 heterocycles. The van der Waals surface area contributed by atoms with Gasteiger partial charge < -0.3 is 15.4 Å².